The van der Waals surface area contributed by atoms with Gasteiger partial charge in [0.05, 0.1) is 30.0 Å². The zero-order valence-corrected chi connectivity index (χ0v) is 17.7. The highest BCUT2D eigenvalue weighted by Crippen LogP contribution is 2.23. The third kappa shape index (κ3) is 5.02. The number of nitrogens with one attached hydrogen (secondary N) is 1. The van der Waals surface area contributed by atoms with E-state index in [2.05, 4.69) is 15.3 Å². The fourth-order valence-corrected chi connectivity index (χ4v) is 3.10. The number of amides is 1. The first-order valence-corrected chi connectivity index (χ1v) is 9.54. The van der Waals surface area contributed by atoms with Crippen LogP contribution in [0.15, 0.2) is 24.4 Å². The Kier molecular flexibility index (Phi) is 6.59. The second kappa shape index (κ2) is 9.17. The van der Waals surface area contributed by atoms with Gasteiger partial charge in [-0.15, -0.1) is 0 Å². The van der Waals surface area contributed by atoms with Gasteiger partial charge in [0.2, 0.25) is 17.3 Å². The van der Waals surface area contributed by atoms with E-state index in [4.69, 9.17) is 4.74 Å². The molecule has 3 rings (SSSR count). The Balaban J connectivity index is 1.87. The highest BCUT2D eigenvalue weighted by molar-refractivity contribution is 6.00. The van der Waals surface area contributed by atoms with Crippen LogP contribution in [0.25, 0.3) is 5.65 Å². The van der Waals surface area contributed by atoms with E-state index in [1.165, 1.54) is 10.5 Å². The maximum atomic E-state index is 13.9. The molecule has 0 aliphatic heterocycles. The summed E-state index contributed by atoms with van der Waals surface area (Å²) in [5.74, 6) is -2.03. The lowest BCUT2D eigenvalue weighted by Gasteiger charge is -2.11. The number of nitrogens with zero attached hydrogens (tertiary/aromatic N) is 4. The van der Waals surface area contributed by atoms with Crippen molar-refractivity contribution in [2.75, 3.05) is 27.2 Å². The molecule has 1 N–H and O–H groups in total. The van der Waals surface area contributed by atoms with Gasteiger partial charge in [-0.25, -0.2) is 18.7 Å². The van der Waals surface area contributed by atoms with Crippen LogP contribution < -0.4 is 10.1 Å². The molecule has 0 spiro atoms. The van der Waals surface area contributed by atoms with Gasteiger partial charge in [-0.2, -0.15) is 0 Å². The first-order chi connectivity index (χ1) is 14.7. The molecule has 0 radical (unpaired) electrons. The molecule has 31 heavy (non-hydrogen) atoms. The van der Waals surface area contributed by atoms with E-state index in [1.54, 1.807) is 39.0 Å². The Morgan fingerprint density at radius 2 is 1.84 bits per heavy atom. The molecule has 3 aromatic rings. The van der Waals surface area contributed by atoms with Gasteiger partial charge >= 0.3 is 0 Å². The largest absolute Gasteiger partial charge is 0.470 e. The Morgan fingerprint density at radius 3 is 2.48 bits per heavy atom. The van der Waals surface area contributed by atoms with Crippen molar-refractivity contribution < 1.29 is 23.1 Å². The van der Waals surface area contributed by atoms with Gasteiger partial charge in [-0.05, 0) is 40.1 Å². The molecule has 0 atom stereocenters. The van der Waals surface area contributed by atoms with Gasteiger partial charge in [0.15, 0.2) is 0 Å². The predicted molar refractivity (Wildman–Crippen MR) is 109 cm³/mol. The third-order valence-electron chi connectivity index (χ3n) is 4.46. The highest BCUT2D eigenvalue weighted by atomic mass is 19.1. The van der Waals surface area contributed by atoms with Crippen LogP contribution in [0, 0.1) is 25.5 Å². The lowest BCUT2D eigenvalue weighted by Crippen LogP contribution is -2.36. The number of imidazole rings is 1. The Morgan fingerprint density at radius 1 is 1.16 bits per heavy atom. The first kappa shape index (κ1) is 22.3. The van der Waals surface area contributed by atoms with Crippen LogP contribution in [0.2, 0.25) is 0 Å². The number of hydrogen-bond acceptors (Lipinski definition) is 6. The van der Waals surface area contributed by atoms with Crippen LogP contribution in [0.5, 0.6) is 5.88 Å². The number of carbonyl (C=O) groups is 2. The van der Waals surface area contributed by atoms with E-state index in [1.807, 2.05) is 0 Å². The average molecular weight is 431 g/mol. The van der Waals surface area contributed by atoms with Gasteiger partial charge in [0, 0.05) is 6.20 Å². The normalized spacial score (nSPS) is 11.2. The number of hydrogen-bond donors (Lipinski definition) is 1. The summed E-state index contributed by atoms with van der Waals surface area (Å²) < 4.78 is 34.9. The van der Waals surface area contributed by atoms with E-state index in [9.17, 15) is 18.4 Å². The smallest absolute Gasteiger partial charge is 0.258 e. The van der Waals surface area contributed by atoms with Crippen molar-refractivity contribution in [2.45, 2.75) is 20.5 Å². The van der Waals surface area contributed by atoms with Crippen LogP contribution in [0.4, 0.5) is 8.78 Å². The molecule has 10 heteroatoms. The molecule has 0 aliphatic rings. The Bertz CT molecular complexity index is 1120. The van der Waals surface area contributed by atoms with Gasteiger partial charge in [0.1, 0.15) is 23.9 Å². The molecule has 8 nitrogen and oxygen atoms in total. The molecule has 164 valence electrons. The van der Waals surface area contributed by atoms with Crippen molar-refractivity contribution in [3.8, 4) is 5.88 Å². The van der Waals surface area contributed by atoms with E-state index in [0.29, 0.717) is 11.4 Å². The molecular formula is C21H23F2N5O3. The van der Waals surface area contributed by atoms with Crippen LogP contribution in [-0.2, 0) is 11.4 Å². The maximum Gasteiger partial charge on any atom is 0.258 e. The summed E-state index contributed by atoms with van der Waals surface area (Å²) in [6, 6.07) is 3.55. The van der Waals surface area contributed by atoms with Gasteiger partial charge in [0.25, 0.3) is 5.88 Å². The number of fused-ring (bicyclic) bond motifs is 1. The zero-order valence-electron chi connectivity index (χ0n) is 17.7. The van der Waals surface area contributed by atoms with E-state index in [0.717, 1.165) is 12.1 Å². The molecule has 0 bridgehead atoms. The summed E-state index contributed by atoms with van der Waals surface area (Å²) in [4.78, 5) is 34.9. The van der Waals surface area contributed by atoms with Crippen molar-refractivity contribution in [1.82, 2.24) is 24.6 Å². The van der Waals surface area contributed by atoms with Crippen LogP contribution in [0.1, 0.15) is 27.4 Å². The molecular weight excluding hydrogens is 408 g/mol. The second-order valence-corrected chi connectivity index (χ2v) is 7.35. The third-order valence-corrected chi connectivity index (χ3v) is 4.46. The summed E-state index contributed by atoms with van der Waals surface area (Å²) in [6.45, 7) is 2.92. The molecule has 1 aromatic carbocycles. The molecule has 0 aliphatic carbocycles. The second-order valence-electron chi connectivity index (χ2n) is 7.35. The Labute approximate surface area is 177 Å². The van der Waals surface area contributed by atoms with E-state index < -0.39 is 11.6 Å². The number of aryl methyl sites for hydroxylation is 2. The Hall–Kier alpha value is -3.40. The number of carbonyl (C=O) groups excluding carboxylic acids is 2. The lowest BCUT2D eigenvalue weighted by molar-refractivity contribution is -0.121. The van der Waals surface area contributed by atoms with Gasteiger partial charge in [-0.1, -0.05) is 6.07 Å². The number of likely N-dealkylation sites (N-methyl/N-ethyl adjacent to an activating group) is 1. The quantitative estimate of drug-likeness (QED) is 0.550. The zero-order chi connectivity index (χ0) is 22.7. The standard InChI is InChI=1S/C21H23F2N5O3/c1-12-9-28-19(17(29)8-24-18(30)10-27(3)4)13(2)26-20(28)21(25-12)31-11-14-15(22)6-5-7-16(14)23/h5-7,9H,8,10-11H2,1-4H3,(H,24,30). The summed E-state index contributed by atoms with van der Waals surface area (Å²) in [7, 11) is 3.50. The number of rotatable bonds is 8. The minimum atomic E-state index is -0.729. The first-order valence-electron chi connectivity index (χ1n) is 9.54. The number of halogens is 2. The number of ether oxygens (including phenoxy) is 1. The number of benzene rings is 1. The fourth-order valence-electron chi connectivity index (χ4n) is 3.10. The number of ketones is 1. The van der Waals surface area contributed by atoms with Crippen molar-refractivity contribution >= 4 is 17.3 Å². The monoisotopic (exact) mass is 431 g/mol. The summed E-state index contributed by atoms with van der Waals surface area (Å²) >= 11 is 0. The van der Waals surface area contributed by atoms with Gasteiger partial charge in [-0.3, -0.25) is 14.0 Å². The minimum Gasteiger partial charge on any atom is -0.470 e. The lowest BCUT2D eigenvalue weighted by atomic mass is 10.2. The summed E-state index contributed by atoms with van der Waals surface area (Å²) in [6.07, 6.45) is 1.61. The van der Waals surface area contributed by atoms with Crippen molar-refractivity contribution in [1.29, 1.82) is 0 Å². The maximum absolute atomic E-state index is 13.9. The van der Waals surface area contributed by atoms with Crippen LogP contribution in [-0.4, -0.2) is 58.1 Å². The molecule has 2 heterocycles. The molecule has 2 aromatic heterocycles. The molecule has 0 unspecified atom stereocenters. The summed E-state index contributed by atoms with van der Waals surface area (Å²) in [5, 5.41) is 2.58. The van der Waals surface area contributed by atoms with Crippen molar-refractivity contribution in [3.63, 3.8) is 0 Å². The average Bonchev–Trinajstić information content (AvgIpc) is 3.01. The predicted octanol–water partition coefficient (Wildman–Crippen LogP) is 2.06. The van der Waals surface area contributed by atoms with E-state index >= 15 is 0 Å². The van der Waals surface area contributed by atoms with E-state index in [-0.39, 0.29) is 54.2 Å². The SMILES string of the molecule is Cc1cn2c(C(=O)CNC(=O)CN(C)C)c(C)nc2c(OCc2c(F)cccc2F)n1. The molecule has 0 saturated carbocycles. The summed E-state index contributed by atoms with van der Waals surface area (Å²) in [5.41, 5.74) is 1.21. The van der Waals surface area contributed by atoms with Gasteiger partial charge < -0.3 is 15.0 Å². The van der Waals surface area contributed by atoms with Crippen molar-refractivity contribution in [2.24, 2.45) is 0 Å². The molecule has 0 fully saturated rings. The highest BCUT2D eigenvalue weighted by Gasteiger charge is 2.21. The topological polar surface area (TPSA) is 88.8 Å². The van der Waals surface area contributed by atoms with Crippen molar-refractivity contribution in [3.05, 3.63) is 58.7 Å². The van der Waals surface area contributed by atoms with Crippen LogP contribution in [0.3, 0.4) is 0 Å². The van der Waals surface area contributed by atoms with Crippen LogP contribution >= 0.6 is 0 Å². The fraction of sp³-hybridized carbons (Fsp3) is 0.333. The number of aromatic nitrogens is 3. The molecule has 1 amide bonds. The molecule has 0 saturated heterocycles. The number of Topliss-reactive ketones (excluding diaryl/α,β-unsaturated/α-hetero) is 1. The minimum absolute atomic E-state index is 0.0430.